The van der Waals surface area contributed by atoms with Gasteiger partial charge in [0.05, 0.1) is 11.4 Å². The highest BCUT2D eigenvalue weighted by molar-refractivity contribution is 5.94. The summed E-state index contributed by atoms with van der Waals surface area (Å²) in [6.45, 7) is 6.05. The van der Waals surface area contributed by atoms with E-state index in [4.69, 9.17) is 0 Å². The van der Waals surface area contributed by atoms with E-state index >= 15 is 0 Å². The smallest absolute Gasteiger partial charge is 0.272 e. The number of hydrogen-bond donors (Lipinski definition) is 1. The first kappa shape index (κ1) is 16.9. The van der Waals surface area contributed by atoms with Crippen molar-refractivity contribution in [2.45, 2.75) is 32.7 Å². The average Bonchev–Trinajstić information content (AvgIpc) is 3.08. The molecule has 0 atom stereocenters. The van der Waals surface area contributed by atoms with Crippen molar-refractivity contribution in [2.24, 2.45) is 0 Å². The maximum atomic E-state index is 12.6. The number of rotatable bonds is 5. The molecule has 0 radical (unpaired) electrons. The molecule has 2 aromatic heterocycles. The third kappa shape index (κ3) is 3.76. The molecule has 0 saturated carbocycles. The van der Waals surface area contributed by atoms with Crippen LogP contribution in [-0.2, 0) is 0 Å². The number of pyridine rings is 1. The van der Waals surface area contributed by atoms with E-state index < -0.39 is 0 Å². The Balaban J connectivity index is 2.05. The quantitative estimate of drug-likeness (QED) is 0.771. The van der Waals surface area contributed by atoms with E-state index in [-0.39, 0.29) is 11.4 Å². The van der Waals surface area contributed by atoms with Crippen LogP contribution in [0.2, 0.25) is 0 Å². The Labute approximate surface area is 147 Å². The molecule has 1 amide bonds. The van der Waals surface area contributed by atoms with Gasteiger partial charge in [-0.1, -0.05) is 25.1 Å². The minimum atomic E-state index is -0.276. The molecule has 0 fully saturated rings. The summed E-state index contributed by atoms with van der Waals surface area (Å²) in [5, 5.41) is 7.59. The zero-order chi connectivity index (χ0) is 17.9. The number of carbonyl (C=O) groups is 1. The number of benzene rings is 1. The van der Waals surface area contributed by atoms with Crippen LogP contribution >= 0.6 is 0 Å². The van der Waals surface area contributed by atoms with Crippen LogP contribution in [0.4, 0.5) is 0 Å². The van der Waals surface area contributed by atoms with Gasteiger partial charge in [-0.05, 0) is 50.6 Å². The lowest BCUT2D eigenvalue weighted by Crippen LogP contribution is -2.42. The average molecular weight is 334 g/mol. The van der Waals surface area contributed by atoms with Crippen molar-refractivity contribution in [2.75, 3.05) is 0 Å². The predicted molar refractivity (Wildman–Crippen MR) is 98.6 cm³/mol. The van der Waals surface area contributed by atoms with Gasteiger partial charge in [-0.25, -0.2) is 4.68 Å². The van der Waals surface area contributed by atoms with Crippen molar-refractivity contribution in [1.82, 2.24) is 20.1 Å². The Morgan fingerprint density at radius 1 is 1.16 bits per heavy atom. The zero-order valence-electron chi connectivity index (χ0n) is 14.7. The lowest BCUT2D eigenvalue weighted by molar-refractivity contribution is 0.0905. The lowest BCUT2D eigenvalue weighted by atomic mass is 10.0. The van der Waals surface area contributed by atoms with Crippen molar-refractivity contribution in [1.29, 1.82) is 0 Å². The van der Waals surface area contributed by atoms with Crippen LogP contribution in [0.25, 0.3) is 16.9 Å². The Morgan fingerprint density at radius 2 is 1.92 bits per heavy atom. The third-order valence-electron chi connectivity index (χ3n) is 4.24. The highest BCUT2D eigenvalue weighted by atomic mass is 16.2. The highest BCUT2D eigenvalue weighted by Gasteiger charge is 2.22. The molecule has 0 aliphatic carbocycles. The molecule has 5 nitrogen and oxygen atoms in total. The van der Waals surface area contributed by atoms with Crippen LogP contribution in [0, 0.1) is 0 Å². The summed E-state index contributed by atoms with van der Waals surface area (Å²) in [7, 11) is 0. The van der Waals surface area contributed by atoms with Gasteiger partial charge < -0.3 is 5.32 Å². The summed E-state index contributed by atoms with van der Waals surface area (Å²) in [4.78, 5) is 16.8. The van der Waals surface area contributed by atoms with Gasteiger partial charge in [-0.3, -0.25) is 9.78 Å². The second-order valence-electron chi connectivity index (χ2n) is 6.60. The lowest BCUT2D eigenvalue weighted by Gasteiger charge is -2.23. The molecule has 128 valence electrons. The molecular weight excluding hydrogens is 312 g/mol. The van der Waals surface area contributed by atoms with Gasteiger partial charge in [0, 0.05) is 23.5 Å². The maximum absolute atomic E-state index is 12.6. The van der Waals surface area contributed by atoms with Gasteiger partial charge in [0.1, 0.15) is 0 Å². The van der Waals surface area contributed by atoms with E-state index in [0.717, 1.165) is 23.4 Å². The summed E-state index contributed by atoms with van der Waals surface area (Å²) in [6.07, 6.45) is 4.34. The predicted octanol–water partition coefficient (Wildman–Crippen LogP) is 3.85. The summed E-state index contributed by atoms with van der Waals surface area (Å²) < 4.78 is 1.78. The van der Waals surface area contributed by atoms with Gasteiger partial charge in [0.15, 0.2) is 5.69 Å². The van der Waals surface area contributed by atoms with Gasteiger partial charge in [0.2, 0.25) is 0 Å². The first-order valence-corrected chi connectivity index (χ1v) is 8.38. The van der Waals surface area contributed by atoms with Gasteiger partial charge >= 0.3 is 0 Å². The van der Waals surface area contributed by atoms with E-state index in [1.807, 2.05) is 69.3 Å². The van der Waals surface area contributed by atoms with Gasteiger partial charge in [-0.15, -0.1) is 0 Å². The summed E-state index contributed by atoms with van der Waals surface area (Å²) >= 11 is 0. The molecule has 1 aromatic carbocycles. The van der Waals surface area contributed by atoms with Crippen molar-refractivity contribution < 1.29 is 4.79 Å². The second-order valence-corrected chi connectivity index (χ2v) is 6.60. The largest absolute Gasteiger partial charge is 0.346 e. The van der Waals surface area contributed by atoms with Crippen molar-refractivity contribution >= 4 is 5.91 Å². The van der Waals surface area contributed by atoms with Crippen molar-refractivity contribution in [3.8, 4) is 16.9 Å². The SMILES string of the molecule is CCC(C)(C)NC(=O)c1cc(-c2cccnc2)n(-c2ccccc2)n1. The minimum Gasteiger partial charge on any atom is -0.346 e. The molecule has 0 unspecified atom stereocenters. The van der Waals surface area contributed by atoms with E-state index in [0.29, 0.717) is 5.69 Å². The Bertz CT molecular complexity index is 797. The van der Waals surface area contributed by atoms with Crippen LogP contribution in [0.3, 0.4) is 0 Å². The summed E-state index contributed by atoms with van der Waals surface area (Å²) in [5.41, 5.74) is 2.76. The molecule has 0 saturated heterocycles. The van der Waals surface area contributed by atoms with Crippen LogP contribution in [-0.4, -0.2) is 26.2 Å². The van der Waals surface area contributed by atoms with Gasteiger partial charge in [-0.2, -0.15) is 5.10 Å². The van der Waals surface area contributed by atoms with Crippen LogP contribution in [0.15, 0.2) is 60.9 Å². The molecule has 0 spiro atoms. The van der Waals surface area contributed by atoms with Crippen molar-refractivity contribution in [3.05, 3.63) is 66.6 Å². The second kappa shape index (κ2) is 6.89. The topological polar surface area (TPSA) is 59.8 Å². The first-order valence-electron chi connectivity index (χ1n) is 8.38. The highest BCUT2D eigenvalue weighted by Crippen LogP contribution is 2.23. The molecule has 5 heteroatoms. The number of aromatic nitrogens is 3. The molecule has 0 bridgehead atoms. The van der Waals surface area contributed by atoms with Crippen LogP contribution in [0.1, 0.15) is 37.7 Å². The summed E-state index contributed by atoms with van der Waals surface area (Å²) in [5.74, 6) is -0.174. The van der Waals surface area contributed by atoms with E-state index in [9.17, 15) is 4.79 Å². The molecule has 2 heterocycles. The fraction of sp³-hybridized carbons (Fsp3) is 0.250. The minimum absolute atomic E-state index is 0.174. The van der Waals surface area contributed by atoms with Crippen LogP contribution < -0.4 is 5.32 Å². The normalized spacial score (nSPS) is 11.3. The molecule has 25 heavy (non-hydrogen) atoms. The molecule has 3 aromatic rings. The maximum Gasteiger partial charge on any atom is 0.272 e. The fourth-order valence-corrected chi connectivity index (χ4v) is 2.44. The van der Waals surface area contributed by atoms with E-state index in [2.05, 4.69) is 15.4 Å². The zero-order valence-corrected chi connectivity index (χ0v) is 14.7. The first-order chi connectivity index (χ1) is 12.0. The molecule has 3 rings (SSSR count). The van der Waals surface area contributed by atoms with Crippen LogP contribution in [0.5, 0.6) is 0 Å². The number of nitrogens with zero attached hydrogens (tertiary/aromatic N) is 3. The third-order valence-corrected chi connectivity index (χ3v) is 4.24. The van der Waals surface area contributed by atoms with Crippen molar-refractivity contribution in [3.63, 3.8) is 0 Å². The molecule has 0 aliphatic heterocycles. The molecule has 0 aliphatic rings. The van der Waals surface area contributed by atoms with Gasteiger partial charge in [0.25, 0.3) is 5.91 Å². The fourth-order valence-electron chi connectivity index (χ4n) is 2.44. The molecular formula is C20H22N4O. The monoisotopic (exact) mass is 334 g/mol. The standard InChI is InChI=1S/C20H22N4O/c1-4-20(2,3)22-19(25)17-13-18(15-9-8-12-21-14-15)24(23-17)16-10-6-5-7-11-16/h5-14H,4H2,1-3H3,(H,22,25). The van der Waals surface area contributed by atoms with E-state index in [1.54, 1.807) is 17.1 Å². The number of amides is 1. The number of nitrogens with one attached hydrogen (secondary N) is 1. The molecule has 1 N–H and O–H groups in total. The Hall–Kier alpha value is -2.95. The number of carbonyl (C=O) groups excluding carboxylic acids is 1. The number of hydrogen-bond acceptors (Lipinski definition) is 3. The van der Waals surface area contributed by atoms with E-state index in [1.165, 1.54) is 0 Å². The summed E-state index contributed by atoms with van der Waals surface area (Å²) in [6, 6.07) is 15.4. The Kier molecular flexibility index (Phi) is 4.65. The Morgan fingerprint density at radius 3 is 2.56 bits per heavy atom. The number of para-hydroxylation sites is 1.